The third kappa shape index (κ3) is 6.47. The number of fused-ring (bicyclic) bond motifs is 1. The fraction of sp³-hybridized carbons (Fsp3) is 0.310. The number of carbonyl (C=O) groups excluding carboxylic acids is 1. The van der Waals surface area contributed by atoms with Gasteiger partial charge in [-0.15, -0.1) is 0 Å². The first-order chi connectivity index (χ1) is 18.2. The van der Waals surface area contributed by atoms with Gasteiger partial charge in [-0.1, -0.05) is 54.7 Å². The fourth-order valence-corrected chi connectivity index (χ4v) is 6.36. The number of nitrogens with zero attached hydrogens (tertiary/aromatic N) is 4. The molecule has 38 heavy (non-hydrogen) atoms. The summed E-state index contributed by atoms with van der Waals surface area (Å²) in [5.41, 5.74) is 3.43. The molecule has 0 aliphatic heterocycles. The number of sulfonamides is 1. The van der Waals surface area contributed by atoms with E-state index in [1.807, 2.05) is 50.5 Å². The molecule has 4 rings (SSSR count). The number of carbonyl (C=O) groups is 1. The molecule has 0 unspecified atom stereocenters. The van der Waals surface area contributed by atoms with Gasteiger partial charge in [-0.25, -0.2) is 13.4 Å². The summed E-state index contributed by atoms with van der Waals surface area (Å²) in [7, 11) is 1.86. The minimum absolute atomic E-state index is 0.152. The fourth-order valence-electron chi connectivity index (χ4n) is 4.15. The Kier molecular flexibility index (Phi) is 8.94. The predicted octanol–water partition coefficient (Wildman–Crippen LogP) is 5.28. The number of thiazole rings is 1. The number of aryl methyl sites for hydroxylation is 1. The van der Waals surface area contributed by atoms with E-state index in [2.05, 4.69) is 24.0 Å². The van der Waals surface area contributed by atoms with Crippen LogP contribution < -0.4 is 4.90 Å². The van der Waals surface area contributed by atoms with Crippen molar-refractivity contribution < 1.29 is 13.2 Å². The number of amides is 1. The van der Waals surface area contributed by atoms with E-state index in [0.29, 0.717) is 17.2 Å². The van der Waals surface area contributed by atoms with Crippen molar-refractivity contribution in [2.45, 2.75) is 31.2 Å². The highest BCUT2D eigenvalue weighted by atomic mass is 32.2. The number of benzene rings is 3. The third-order valence-corrected chi connectivity index (χ3v) is 9.23. The number of aromatic nitrogens is 1. The van der Waals surface area contributed by atoms with Crippen molar-refractivity contribution in [2.75, 3.05) is 39.1 Å². The highest BCUT2D eigenvalue weighted by molar-refractivity contribution is 7.89. The lowest BCUT2D eigenvalue weighted by atomic mass is 10.2. The smallest absolute Gasteiger partial charge is 0.260 e. The molecule has 0 saturated carbocycles. The minimum atomic E-state index is -3.71. The van der Waals surface area contributed by atoms with Gasteiger partial charge < -0.3 is 4.90 Å². The van der Waals surface area contributed by atoms with Crippen LogP contribution in [-0.2, 0) is 23.0 Å². The molecule has 4 aromatic rings. The van der Waals surface area contributed by atoms with Gasteiger partial charge >= 0.3 is 0 Å². The summed E-state index contributed by atoms with van der Waals surface area (Å²) in [4.78, 5) is 22.4. The lowest BCUT2D eigenvalue weighted by Crippen LogP contribution is -2.33. The molecule has 1 amide bonds. The van der Waals surface area contributed by atoms with Crippen LogP contribution in [0.25, 0.3) is 10.2 Å². The minimum Gasteiger partial charge on any atom is -0.309 e. The summed E-state index contributed by atoms with van der Waals surface area (Å²) < 4.78 is 28.7. The summed E-state index contributed by atoms with van der Waals surface area (Å²) >= 11 is 1.51. The van der Waals surface area contributed by atoms with E-state index in [1.165, 1.54) is 33.3 Å². The molecular weight excluding hydrogens is 516 g/mol. The second-order valence-corrected chi connectivity index (χ2v) is 12.6. The lowest BCUT2D eigenvalue weighted by molar-refractivity contribution is 0.0986. The molecule has 0 aliphatic rings. The molecule has 0 aliphatic carbocycles. The van der Waals surface area contributed by atoms with Crippen LogP contribution >= 0.6 is 11.3 Å². The Labute approximate surface area is 229 Å². The van der Waals surface area contributed by atoms with E-state index >= 15 is 0 Å². The molecule has 1 heterocycles. The summed E-state index contributed by atoms with van der Waals surface area (Å²) in [6.07, 6.45) is 1.72. The summed E-state index contributed by atoms with van der Waals surface area (Å²) in [6, 6.07) is 21.8. The van der Waals surface area contributed by atoms with Crippen LogP contribution in [0.1, 0.15) is 34.8 Å². The Hall–Kier alpha value is -3.11. The topological polar surface area (TPSA) is 73.8 Å². The monoisotopic (exact) mass is 550 g/mol. The maximum Gasteiger partial charge on any atom is 0.260 e. The zero-order valence-electron chi connectivity index (χ0n) is 22.3. The molecule has 0 N–H and O–H groups in total. The van der Waals surface area contributed by atoms with Gasteiger partial charge in [0.1, 0.15) is 0 Å². The molecule has 9 heteroatoms. The molecule has 0 radical (unpaired) electrons. The van der Waals surface area contributed by atoms with E-state index in [1.54, 1.807) is 24.1 Å². The van der Waals surface area contributed by atoms with Gasteiger partial charge in [0.25, 0.3) is 5.91 Å². The van der Waals surface area contributed by atoms with Crippen molar-refractivity contribution in [3.63, 3.8) is 0 Å². The molecule has 200 valence electrons. The number of hydrogen-bond acceptors (Lipinski definition) is 6. The molecule has 3 aromatic carbocycles. The largest absolute Gasteiger partial charge is 0.309 e. The zero-order valence-corrected chi connectivity index (χ0v) is 23.9. The SMILES string of the molecule is CCc1ccc2nc(N(CCCN(C)C)C(=O)c3ccc(S(=O)(=O)N(C)Cc4ccccc4)cc3)sc2c1. The van der Waals surface area contributed by atoms with Crippen molar-refractivity contribution in [1.82, 2.24) is 14.2 Å². The molecule has 0 spiro atoms. The van der Waals surface area contributed by atoms with Crippen molar-refractivity contribution in [3.05, 3.63) is 89.5 Å². The average Bonchev–Trinajstić information content (AvgIpc) is 3.34. The Bertz CT molecular complexity index is 1480. The second-order valence-electron chi connectivity index (χ2n) is 9.54. The van der Waals surface area contributed by atoms with Crippen LogP contribution in [0, 0.1) is 0 Å². The highest BCUT2D eigenvalue weighted by Crippen LogP contribution is 2.31. The molecule has 1 aromatic heterocycles. The van der Waals surface area contributed by atoms with E-state index in [0.717, 1.165) is 35.2 Å². The Balaban J connectivity index is 1.58. The predicted molar refractivity (Wildman–Crippen MR) is 155 cm³/mol. The Morgan fingerprint density at radius 2 is 1.61 bits per heavy atom. The van der Waals surface area contributed by atoms with Crippen molar-refractivity contribution in [3.8, 4) is 0 Å². The van der Waals surface area contributed by atoms with Crippen LogP contribution in [0.3, 0.4) is 0 Å². The molecule has 0 fully saturated rings. The normalized spacial score (nSPS) is 11.9. The maximum absolute atomic E-state index is 13.7. The van der Waals surface area contributed by atoms with E-state index in [9.17, 15) is 13.2 Å². The van der Waals surface area contributed by atoms with Gasteiger partial charge in [0, 0.05) is 25.7 Å². The first-order valence-electron chi connectivity index (χ1n) is 12.7. The van der Waals surface area contributed by atoms with Crippen LogP contribution in [0.4, 0.5) is 5.13 Å². The van der Waals surface area contributed by atoms with Gasteiger partial charge in [0.2, 0.25) is 10.0 Å². The van der Waals surface area contributed by atoms with E-state index in [-0.39, 0.29) is 17.3 Å². The standard InChI is InChI=1S/C29H34N4O3S2/c1-5-22-12-17-26-27(20-22)37-29(30-26)33(19-9-18-31(2)3)28(34)24-13-15-25(16-14-24)38(35,36)32(4)21-23-10-7-6-8-11-23/h6-8,10-17,20H,5,9,18-19,21H2,1-4H3. The van der Waals surface area contributed by atoms with E-state index < -0.39 is 10.0 Å². The summed E-state index contributed by atoms with van der Waals surface area (Å²) in [5, 5.41) is 0.649. The lowest BCUT2D eigenvalue weighted by Gasteiger charge is -2.21. The van der Waals surface area contributed by atoms with Crippen LogP contribution in [0.15, 0.2) is 77.7 Å². The summed E-state index contributed by atoms with van der Waals surface area (Å²) in [6.45, 7) is 3.72. The van der Waals surface area contributed by atoms with Gasteiger partial charge in [-0.2, -0.15) is 4.31 Å². The van der Waals surface area contributed by atoms with E-state index in [4.69, 9.17) is 4.98 Å². The second kappa shape index (κ2) is 12.2. The highest BCUT2D eigenvalue weighted by Gasteiger charge is 2.24. The first-order valence-corrected chi connectivity index (χ1v) is 14.9. The molecule has 0 atom stereocenters. The van der Waals surface area contributed by atoms with Crippen molar-refractivity contribution in [2.24, 2.45) is 0 Å². The molecule has 7 nitrogen and oxygen atoms in total. The Morgan fingerprint density at radius 1 is 0.895 bits per heavy atom. The van der Waals surface area contributed by atoms with Crippen LogP contribution in [0.2, 0.25) is 0 Å². The summed E-state index contributed by atoms with van der Waals surface area (Å²) in [5.74, 6) is -0.194. The molecule has 0 saturated heterocycles. The first kappa shape index (κ1) is 27.9. The van der Waals surface area contributed by atoms with Gasteiger partial charge in [-0.05, 0) is 81.0 Å². The number of hydrogen-bond donors (Lipinski definition) is 0. The van der Waals surface area contributed by atoms with Gasteiger partial charge in [0.05, 0.1) is 15.1 Å². The number of anilines is 1. The van der Waals surface area contributed by atoms with Crippen LogP contribution in [-0.4, -0.2) is 62.7 Å². The zero-order chi connectivity index (χ0) is 27.3. The Morgan fingerprint density at radius 3 is 2.26 bits per heavy atom. The van der Waals surface area contributed by atoms with Crippen molar-refractivity contribution >= 4 is 42.6 Å². The average molecular weight is 551 g/mol. The van der Waals surface area contributed by atoms with Crippen LogP contribution in [0.5, 0.6) is 0 Å². The molecule has 0 bridgehead atoms. The van der Waals surface area contributed by atoms with Crippen molar-refractivity contribution in [1.29, 1.82) is 0 Å². The number of rotatable bonds is 11. The van der Waals surface area contributed by atoms with Gasteiger partial charge in [-0.3, -0.25) is 9.69 Å². The van der Waals surface area contributed by atoms with Gasteiger partial charge in [0.15, 0.2) is 5.13 Å². The quantitative estimate of drug-likeness (QED) is 0.254. The molecular formula is C29H34N4O3S2. The maximum atomic E-state index is 13.7. The third-order valence-electron chi connectivity index (χ3n) is 6.37.